The molecule has 97 heavy (non-hydrogen) atoms. The maximum Gasteiger partial charge on any atom is 0.345 e. The van der Waals surface area contributed by atoms with Crippen molar-refractivity contribution in [1.29, 1.82) is 0 Å². The van der Waals surface area contributed by atoms with E-state index in [9.17, 15) is 47.5 Å². The van der Waals surface area contributed by atoms with E-state index in [1.54, 1.807) is 135 Å². The average molecular weight is 1420 g/mol. The van der Waals surface area contributed by atoms with Gasteiger partial charge < -0.3 is 57.3 Å². The standard InChI is InChI=1S/C24H23Cl2N3O4.C24H23ClFN3O4.C22H22ClN3O4S/c1-3-33-24(32)20-21(18-14-17(26)8-9-19(18)27(2)23(20)31)28-10-12-29(13-11-28)22(30)15-4-6-16(25)7-5-15;1-3-33-24(32)20-21(18-14-16(25)6-9-19(18)27(2)23(20)31)28-10-12-29(13-11-28)22(30)15-4-7-17(26)8-5-15;1-3-30-22(29)18-19(15-13-14(23)6-7-16(15)24(2)21(18)28)25-8-10-26(11-9-25)20(27)17-5-4-12-31-17/h2*4-9,14H,3,10-13H2,1-2H3;4-7,12-13H,3,8-11H2,1-2H3. The lowest BCUT2D eigenvalue weighted by Crippen LogP contribution is -2.49. The molecule has 0 bridgehead atoms. The molecule has 3 amide bonds. The molecule has 12 rings (SSSR count). The highest BCUT2D eigenvalue weighted by Crippen LogP contribution is 2.36. The van der Waals surface area contributed by atoms with E-state index in [1.807, 2.05) is 32.2 Å². The molecule has 27 heteroatoms. The Morgan fingerprint density at radius 3 is 1.01 bits per heavy atom. The molecule has 0 radical (unpaired) electrons. The third-order valence-electron chi connectivity index (χ3n) is 17.0. The van der Waals surface area contributed by atoms with Gasteiger partial charge in [0.1, 0.15) is 22.5 Å². The van der Waals surface area contributed by atoms with Crippen LogP contribution in [0.1, 0.15) is 82.2 Å². The van der Waals surface area contributed by atoms with Crippen molar-refractivity contribution in [3.05, 3.63) is 210 Å². The second-order valence-corrected chi connectivity index (χ2v) is 25.4. The van der Waals surface area contributed by atoms with E-state index in [-0.39, 0.29) is 54.2 Å². The summed E-state index contributed by atoms with van der Waals surface area (Å²) < 4.78 is 33.1. The summed E-state index contributed by atoms with van der Waals surface area (Å²) in [5, 5.41) is 5.97. The van der Waals surface area contributed by atoms with Crippen molar-refractivity contribution >= 4 is 143 Å². The molecule has 0 aliphatic carbocycles. The van der Waals surface area contributed by atoms with Gasteiger partial charge >= 0.3 is 17.9 Å². The molecule has 9 aromatic rings. The summed E-state index contributed by atoms with van der Waals surface area (Å²) in [7, 11) is 4.85. The number of anilines is 3. The normalized spacial score (nSPS) is 14.0. The molecular weight excluding hydrogens is 1350 g/mol. The molecule has 0 saturated carbocycles. The molecule has 5 aromatic carbocycles. The number of carbonyl (C=O) groups excluding carboxylic acids is 6. The molecule has 0 atom stereocenters. The Bertz CT molecular complexity index is 4500. The molecule has 0 unspecified atom stereocenters. The van der Waals surface area contributed by atoms with Crippen LogP contribution in [-0.2, 0) is 35.4 Å². The Kier molecular flexibility index (Phi) is 22.4. The number of nitrogens with zero attached hydrogens (tertiary/aromatic N) is 9. The van der Waals surface area contributed by atoms with Crippen molar-refractivity contribution in [2.24, 2.45) is 21.1 Å². The number of thiophene rings is 1. The minimum Gasteiger partial charge on any atom is -0.462 e. The van der Waals surface area contributed by atoms with Crippen molar-refractivity contribution < 1.29 is 47.4 Å². The number of fused-ring (bicyclic) bond motifs is 3. The van der Waals surface area contributed by atoms with E-state index in [0.29, 0.717) is 164 Å². The van der Waals surface area contributed by atoms with E-state index in [4.69, 9.17) is 60.6 Å². The van der Waals surface area contributed by atoms with E-state index in [0.717, 1.165) is 0 Å². The van der Waals surface area contributed by atoms with Crippen LogP contribution in [0.2, 0.25) is 20.1 Å². The summed E-state index contributed by atoms with van der Waals surface area (Å²) in [5.74, 6) is -2.71. The van der Waals surface area contributed by atoms with Crippen molar-refractivity contribution in [2.75, 3.05) is 113 Å². The number of aryl methyl sites for hydroxylation is 3. The van der Waals surface area contributed by atoms with Gasteiger partial charge in [-0.1, -0.05) is 52.5 Å². The number of rotatable bonds is 12. The summed E-state index contributed by atoms with van der Waals surface area (Å²) in [6.07, 6.45) is 0. The topological polar surface area (TPSA) is 216 Å². The Morgan fingerprint density at radius 2 is 0.711 bits per heavy atom. The van der Waals surface area contributed by atoms with Gasteiger partial charge in [0.25, 0.3) is 34.4 Å². The minimum atomic E-state index is -0.695. The van der Waals surface area contributed by atoms with Crippen molar-refractivity contribution in [1.82, 2.24) is 28.4 Å². The average Bonchev–Trinajstić information content (AvgIpc) is 1.76. The SMILES string of the molecule is CCOC(=O)c1c(N2CCN(C(=O)c3ccc(Cl)cc3)CC2)c2cc(Cl)ccc2n(C)c1=O.CCOC(=O)c1c(N2CCN(C(=O)c3ccc(F)cc3)CC2)c2cc(Cl)ccc2n(C)c1=O.CCOC(=O)c1c(N2CCN(C(=O)c3cccs3)CC2)c2cc(Cl)ccc2n(C)c1=O. The van der Waals surface area contributed by atoms with Crippen LogP contribution in [0, 0.1) is 5.82 Å². The minimum absolute atomic E-state index is 0.00264. The molecule has 4 aromatic heterocycles. The van der Waals surface area contributed by atoms with Gasteiger partial charge in [-0.05, 0) is 135 Å². The maximum absolute atomic E-state index is 13.2. The quantitative estimate of drug-likeness (QED) is 0.0821. The van der Waals surface area contributed by atoms with E-state index in [2.05, 4.69) is 0 Å². The van der Waals surface area contributed by atoms with Gasteiger partial charge in [-0.25, -0.2) is 18.8 Å². The fourth-order valence-corrected chi connectivity index (χ4v) is 13.5. The summed E-state index contributed by atoms with van der Waals surface area (Å²) in [6, 6.07) is 31.5. The first kappa shape index (κ1) is 70.5. The number of pyridine rings is 3. The van der Waals surface area contributed by atoms with E-state index in [1.165, 1.54) is 49.3 Å². The second kappa shape index (κ2) is 30.9. The van der Waals surface area contributed by atoms with Crippen LogP contribution in [0.5, 0.6) is 0 Å². The van der Waals surface area contributed by atoms with E-state index >= 15 is 0 Å². The van der Waals surface area contributed by atoms with Gasteiger partial charge in [0, 0.05) is 147 Å². The van der Waals surface area contributed by atoms with Gasteiger partial charge in [-0.3, -0.25) is 28.8 Å². The van der Waals surface area contributed by atoms with Gasteiger partial charge in [0.2, 0.25) is 0 Å². The van der Waals surface area contributed by atoms with Crippen LogP contribution in [0.3, 0.4) is 0 Å². The predicted molar refractivity (Wildman–Crippen MR) is 377 cm³/mol. The number of benzene rings is 5. The third-order valence-corrected chi connectivity index (χ3v) is 18.8. The molecular formula is C70H68Cl4FN9O12S. The molecule has 3 aliphatic heterocycles. The fraction of sp³-hybridized carbons (Fsp3) is 0.300. The van der Waals surface area contributed by atoms with Crippen LogP contribution >= 0.6 is 57.7 Å². The Balaban J connectivity index is 0.000000158. The van der Waals surface area contributed by atoms with Crippen LogP contribution < -0.4 is 31.4 Å². The van der Waals surface area contributed by atoms with Crippen molar-refractivity contribution in [3.8, 4) is 0 Å². The second-order valence-electron chi connectivity index (χ2n) is 22.7. The van der Waals surface area contributed by atoms with E-state index < -0.39 is 40.4 Å². The molecule has 3 saturated heterocycles. The lowest BCUT2D eigenvalue weighted by molar-refractivity contribution is 0.0514. The zero-order chi connectivity index (χ0) is 69.5. The highest BCUT2D eigenvalue weighted by atomic mass is 35.5. The smallest absolute Gasteiger partial charge is 0.345 e. The molecule has 3 fully saturated rings. The number of hydrogen-bond acceptors (Lipinski definition) is 16. The zero-order valence-corrected chi connectivity index (χ0v) is 57.7. The zero-order valence-electron chi connectivity index (χ0n) is 53.9. The summed E-state index contributed by atoms with van der Waals surface area (Å²) in [4.78, 5) is 128. The number of piperazine rings is 3. The first-order valence-electron chi connectivity index (χ1n) is 31.2. The number of esters is 3. The number of halogens is 5. The molecule has 21 nitrogen and oxygen atoms in total. The monoisotopic (exact) mass is 1420 g/mol. The molecule has 0 spiro atoms. The van der Waals surface area contributed by atoms with Gasteiger partial charge in [0.15, 0.2) is 0 Å². The summed E-state index contributed by atoms with van der Waals surface area (Å²) >= 11 is 26.1. The first-order chi connectivity index (χ1) is 46.5. The molecule has 506 valence electrons. The van der Waals surface area contributed by atoms with Gasteiger partial charge in [0.05, 0.1) is 58.3 Å². The predicted octanol–water partition coefficient (Wildman–Crippen LogP) is 10.8. The Hall–Kier alpha value is -9.26. The molecule has 3 aliphatic rings. The van der Waals surface area contributed by atoms with Crippen molar-refractivity contribution in [2.45, 2.75) is 20.8 Å². The number of carbonyl (C=O) groups is 6. The Labute approximate surface area is 580 Å². The first-order valence-corrected chi connectivity index (χ1v) is 33.6. The summed E-state index contributed by atoms with van der Waals surface area (Å²) in [6.45, 7) is 10.8. The molecule has 0 N–H and O–H groups in total. The fourth-order valence-electron chi connectivity index (χ4n) is 12.2. The van der Waals surface area contributed by atoms with Gasteiger partial charge in [-0.2, -0.15) is 0 Å². The maximum atomic E-state index is 13.2. The summed E-state index contributed by atoms with van der Waals surface area (Å²) in [5.41, 5.74) is 3.03. The highest BCUT2D eigenvalue weighted by molar-refractivity contribution is 7.12. The number of aromatic nitrogens is 3. The Morgan fingerprint density at radius 1 is 0.412 bits per heavy atom. The largest absolute Gasteiger partial charge is 0.462 e. The molecule has 7 heterocycles. The number of ether oxygens (including phenoxy) is 3. The number of amides is 3. The third kappa shape index (κ3) is 15.0. The van der Waals surface area contributed by atoms with Crippen LogP contribution in [0.4, 0.5) is 21.5 Å². The van der Waals surface area contributed by atoms with Crippen LogP contribution in [0.25, 0.3) is 32.7 Å². The van der Waals surface area contributed by atoms with Gasteiger partial charge in [-0.15, -0.1) is 11.3 Å². The van der Waals surface area contributed by atoms with Crippen molar-refractivity contribution in [3.63, 3.8) is 0 Å². The lowest BCUT2D eigenvalue weighted by Gasteiger charge is -2.37. The van der Waals surface area contributed by atoms with Crippen LogP contribution in [0.15, 0.2) is 135 Å². The highest BCUT2D eigenvalue weighted by Gasteiger charge is 2.34. The van der Waals surface area contributed by atoms with Crippen LogP contribution in [-0.4, -0.2) is 162 Å². The lowest BCUT2D eigenvalue weighted by atomic mass is 10.1. The number of hydrogen-bond donors (Lipinski definition) is 0.